The Hall–Kier alpha value is -3.48. The fourth-order valence-electron chi connectivity index (χ4n) is 3.40. The maximum atomic E-state index is 13.0. The fraction of sp³-hybridized carbons (Fsp3) is 0.304. The minimum atomic E-state index is -0.915. The van der Waals surface area contributed by atoms with E-state index in [4.69, 9.17) is 4.74 Å². The Kier molecular flexibility index (Phi) is 6.61. The molecular formula is C23H24N2O5. The zero-order chi connectivity index (χ0) is 21.7. The number of fused-ring (bicyclic) bond motifs is 1. The van der Waals surface area contributed by atoms with Gasteiger partial charge in [-0.05, 0) is 49.7 Å². The molecule has 1 heterocycles. The molecule has 156 valence electrons. The topological polar surface area (TPSA) is 92.8 Å². The van der Waals surface area contributed by atoms with E-state index < -0.39 is 29.7 Å². The monoisotopic (exact) mass is 408 g/mol. The number of carbonyl (C=O) groups is 4. The molecule has 0 saturated heterocycles. The second kappa shape index (κ2) is 9.35. The predicted molar refractivity (Wildman–Crippen MR) is 111 cm³/mol. The molecule has 0 bridgehead atoms. The van der Waals surface area contributed by atoms with Crippen molar-refractivity contribution in [1.82, 2.24) is 4.90 Å². The second-order valence-corrected chi connectivity index (χ2v) is 6.97. The number of ether oxygens (including phenoxy) is 1. The summed E-state index contributed by atoms with van der Waals surface area (Å²) in [4.78, 5) is 51.5. The van der Waals surface area contributed by atoms with E-state index in [9.17, 15) is 19.2 Å². The number of nitrogens with zero attached hydrogens (tertiary/aromatic N) is 1. The third-order valence-corrected chi connectivity index (χ3v) is 4.93. The number of hydrogen-bond acceptors (Lipinski definition) is 5. The highest BCUT2D eigenvalue weighted by Crippen LogP contribution is 2.27. The molecule has 2 aromatic carbocycles. The second-order valence-electron chi connectivity index (χ2n) is 6.97. The molecule has 0 radical (unpaired) electrons. The summed E-state index contributed by atoms with van der Waals surface area (Å²) in [5.41, 5.74) is 1.47. The summed E-state index contributed by atoms with van der Waals surface area (Å²) in [6.07, 6.45) is 1.88. The first-order valence-corrected chi connectivity index (χ1v) is 10.0. The number of carbonyl (C=O) groups excluding carboxylic acids is 4. The lowest BCUT2D eigenvalue weighted by Gasteiger charge is -2.25. The Morgan fingerprint density at radius 3 is 2.10 bits per heavy atom. The van der Waals surface area contributed by atoms with Crippen molar-refractivity contribution in [2.75, 3.05) is 11.9 Å². The van der Waals surface area contributed by atoms with Gasteiger partial charge in [-0.2, -0.15) is 0 Å². The van der Waals surface area contributed by atoms with Gasteiger partial charge in [0.15, 0.2) is 0 Å². The van der Waals surface area contributed by atoms with Crippen LogP contribution >= 0.6 is 0 Å². The Bertz CT molecular complexity index is 933. The fourth-order valence-corrected chi connectivity index (χ4v) is 3.40. The molecule has 30 heavy (non-hydrogen) atoms. The molecule has 0 saturated carbocycles. The van der Waals surface area contributed by atoms with Crippen LogP contribution in [-0.4, -0.2) is 41.2 Å². The van der Waals surface area contributed by atoms with Gasteiger partial charge in [-0.3, -0.25) is 19.3 Å². The molecule has 7 nitrogen and oxygen atoms in total. The van der Waals surface area contributed by atoms with Crippen molar-refractivity contribution in [2.45, 2.75) is 39.2 Å². The van der Waals surface area contributed by atoms with Crippen molar-refractivity contribution in [1.29, 1.82) is 0 Å². The van der Waals surface area contributed by atoms with E-state index in [-0.39, 0.29) is 6.61 Å². The lowest BCUT2D eigenvalue weighted by molar-refractivity contribution is -0.120. The first-order valence-electron chi connectivity index (χ1n) is 10.0. The molecule has 1 aliphatic rings. The molecule has 0 unspecified atom stereocenters. The van der Waals surface area contributed by atoms with Gasteiger partial charge in [0.05, 0.1) is 23.3 Å². The van der Waals surface area contributed by atoms with Crippen molar-refractivity contribution < 1.29 is 23.9 Å². The molecule has 1 N–H and O–H groups in total. The van der Waals surface area contributed by atoms with Crippen LogP contribution in [-0.2, 0) is 9.53 Å². The maximum Gasteiger partial charge on any atom is 0.338 e. The molecule has 0 spiro atoms. The predicted octanol–water partition coefficient (Wildman–Crippen LogP) is 3.66. The molecule has 2 aromatic rings. The van der Waals surface area contributed by atoms with Crippen LogP contribution in [0.3, 0.4) is 0 Å². The Morgan fingerprint density at radius 1 is 0.967 bits per heavy atom. The number of imide groups is 1. The van der Waals surface area contributed by atoms with Gasteiger partial charge in [-0.15, -0.1) is 0 Å². The lowest BCUT2D eigenvalue weighted by atomic mass is 10.1. The van der Waals surface area contributed by atoms with Crippen molar-refractivity contribution in [3.8, 4) is 0 Å². The van der Waals surface area contributed by atoms with Gasteiger partial charge in [0, 0.05) is 5.69 Å². The van der Waals surface area contributed by atoms with Crippen LogP contribution in [0.4, 0.5) is 5.69 Å². The van der Waals surface area contributed by atoms with Gasteiger partial charge in [0.1, 0.15) is 6.04 Å². The number of unbranched alkanes of at least 4 members (excludes halogenated alkanes) is 1. The largest absolute Gasteiger partial charge is 0.462 e. The molecule has 0 aromatic heterocycles. The summed E-state index contributed by atoms with van der Waals surface area (Å²) >= 11 is 0. The van der Waals surface area contributed by atoms with E-state index in [2.05, 4.69) is 5.32 Å². The summed E-state index contributed by atoms with van der Waals surface area (Å²) in [5, 5.41) is 2.76. The van der Waals surface area contributed by atoms with E-state index in [1.807, 2.05) is 6.92 Å². The van der Waals surface area contributed by atoms with E-state index in [0.29, 0.717) is 35.2 Å². The number of nitrogens with one attached hydrogen (secondary N) is 1. The average Bonchev–Trinajstić information content (AvgIpc) is 3.00. The van der Waals surface area contributed by atoms with Gasteiger partial charge in [0.25, 0.3) is 11.8 Å². The van der Waals surface area contributed by atoms with Crippen molar-refractivity contribution in [2.24, 2.45) is 0 Å². The Balaban J connectivity index is 1.79. The first-order chi connectivity index (χ1) is 14.5. The van der Waals surface area contributed by atoms with Crippen LogP contribution in [0.1, 0.15) is 64.2 Å². The van der Waals surface area contributed by atoms with E-state index in [0.717, 1.165) is 11.3 Å². The molecule has 3 amide bonds. The highest BCUT2D eigenvalue weighted by molar-refractivity contribution is 6.23. The minimum Gasteiger partial charge on any atom is -0.462 e. The molecule has 1 aliphatic heterocycles. The van der Waals surface area contributed by atoms with E-state index in [1.165, 1.54) is 0 Å². The normalized spacial score (nSPS) is 13.7. The number of rotatable bonds is 8. The van der Waals surface area contributed by atoms with Crippen molar-refractivity contribution in [3.05, 3.63) is 65.2 Å². The van der Waals surface area contributed by atoms with Crippen molar-refractivity contribution in [3.63, 3.8) is 0 Å². The summed E-state index contributed by atoms with van der Waals surface area (Å²) in [6.45, 7) is 3.98. The molecular weight excluding hydrogens is 384 g/mol. The summed E-state index contributed by atoms with van der Waals surface area (Å²) in [5.74, 6) is -1.79. The quantitative estimate of drug-likeness (QED) is 0.532. The first kappa shape index (κ1) is 21.2. The third-order valence-electron chi connectivity index (χ3n) is 4.93. The standard InChI is InChI=1S/C23H24N2O5/c1-3-5-10-19(25-21(27)17-8-6-7-9-18(17)22(25)28)20(26)24-16-13-11-15(12-14-16)23(29)30-4-2/h6-9,11-14,19H,3-5,10H2,1-2H3,(H,24,26)/t19-/m1/s1. The van der Waals surface area contributed by atoms with Gasteiger partial charge in [-0.25, -0.2) is 4.79 Å². The number of anilines is 1. The van der Waals surface area contributed by atoms with E-state index >= 15 is 0 Å². The number of esters is 1. The van der Waals surface area contributed by atoms with Gasteiger partial charge >= 0.3 is 5.97 Å². The van der Waals surface area contributed by atoms with Crippen LogP contribution in [0.2, 0.25) is 0 Å². The molecule has 7 heteroatoms. The highest BCUT2D eigenvalue weighted by atomic mass is 16.5. The summed E-state index contributed by atoms with van der Waals surface area (Å²) < 4.78 is 4.95. The highest BCUT2D eigenvalue weighted by Gasteiger charge is 2.42. The van der Waals surface area contributed by atoms with E-state index in [1.54, 1.807) is 55.5 Å². The van der Waals surface area contributed by atoms with Crippen LogP contribution in [0.15, 0.2) is 48.5 Å². The van der Waals surface area contributed by atoms with Crippen molar-refractivity contribution >= 4 is 29.4 Å². The number of hydrogen-bond donors (Lipinski definition) is 1. The number of benzene rings is 2. The van der Waals surface area contributed by atoms with Crippen LogP contribution in [0.5, 0.6) is 0 Å². The SMILES string of the molecule is CCCC[C@H](C(=O)Nc1ccc(C(=O)OCC)cc1)N1C(=O)c2ccccc2C1=O. The smallest absolute Gasteiger partial charge is 0.338 e. The van der Waals surface area contributed by atoms with Crippen LogP contribution in [0.25, 0.3) is 0 Å². The minimum absolute atomic E-state index is 0.275. The zero-order valence-electron chi connectivity index (χ0n) is 17.0. The van der Waals surface area contributed by atoms with Crippen LogP contribution < -0.4 is 5.32 Å². The zero-order valence-corrected chi connectivity index (χ0v) is 17.0. The molecule has 0 fully saturated rings. The van der Waals surface area contributed by atoms with Gasteiger partial charge < -0.3 is 10.1 Å². The Labute approximate surface area is 175 Å². The van der Waals surface area contributed by atoms with Gasteiger partial charge in [-0.1, -0.05) is 31.9 Å². The lowest BCUT2D eigenvalue weighted by Crippen LogP contribution is -2.47. The van der Waals surface area contributed by atoms with Gasteiger partial charge in [0.2, 0.25) is 5.91 Å². The third kappa shape index (κ3) is 4.25. The average molecular weight is 408 g/mol. The molecule has 0 aliphatic carbocycles. The molecule has 1 atom stereocenters. The summed E-state index contributed by atoms with van der Waals surface area (Å²) in [6, 6.07) is 11.9. The molecule has 3 rings (SSSR count). The maximum absolute atomic E-state index is 13.0. The Morgan fingerprint density at radius 2 is 1.57 bits per heavy atom. The summed E-state index contributed by atoms with van der Waals surface area (Å²) in [7, 11) is 0. The van der Waals surface area contributed by atoms with Crippen LogP contribution in [0, 0.1) is 0 Å². The number of amides is 3.